The molecule has 0 bridgehead atoms. The minimum absolute atomic E-state index is 0.346. The molecular formula is C15H29NO2. The largest absolute Gasteiger partial charge is 0.376 e. The van der Waals surface area contributed by atoms with E-state index in [9.17, 15) is 0 Å². The van der Waals surface area contributed by atoms with Gasteiger partial charge in [-0.3, -0.25) is 0 Å². The highest BCUT2D eigenvalue weighted by atomic mass is 16.5. The highest BCUT2D eigenvalue weighted by Gasteiger charge is 2.29. The molecule has 0 radical (unpaired) electrons. The Morgan fingerprint density at radius 2 is 2.11 bits per heavy atom. The van der Waals surface area contributed by atoms with Crippen LogP contribution in [0.5, 0.6) is 0 Å². The molecule has 1 aliphatic carbocycles. The molecule has 1 saturated heterocycles. The molecule has 4 unspecified atom stereocenters. The maximum absolute atomic E-state index is 6.17. The highest BCUT2D eigenvalue weighted by Crippen LogP contribution is 2.27. The molecule has 106 valence electrons. The fourth-order valence-corrected chi connectivity index (χ4v) is 3.18. The van der Waals surface area contributed by atoms with Gasteiger partial charge >= 0.3 is 0 Å². The van der Waals surface area contributed by atoms with Gasteiger partial charge in [0.15, 0.2) is 0 Å². The minimum Gasteiger partial charge on any atom is -0.376 e. The molecule has 2 rings (SSSR count). The van der Waals surface area contributed by atoms with E-state index in [1.165, 1.54) is 38.5 Å². The summed E-state index contributed by atoms with van der Waals surface area (Å²) < 4.78 is 11.9. The smallest absolute Gasteiger partial charge is 0.0808 e. The lowest BCUT2D eigenvalue weighted by atomic mass is 9.85. The summed E-state index contributed by atoms with van der Waals surface area (Å²) in [5.41, 5.74) is 0. The van der Waals surface area contributed by atoms with Crippen LogP contribution < -0.4 is 5.32 Å². The Labute approximate surface area is 112 Å². The van der Waals surface area contributed by atoms with Gasteiger partial charge < -0.3 is 14.8 Å². The highest BCUT2D eigenvalue weighted by molar-refractivity contribution is 4.84. The van der Waals surface area contributed by atoms with Crippen LogP contribution in [0, 0.1) is 5.92 Å². The fraction of sp³-hybridized carbons (Fsp3) is 1.00. The van der Waals surface area contributed by atoms with Crippen LogP contribution in [0.4, 0.5) is 0 Å². The average molecular weight is 255 g/mol. The van der Waals surface area contributed by atoms with Gasteiger partial charge in [-0.25, -0.2) is 0 Å². The fourth-order valence-electron chi connectivity index (χ4n) is 3.18. The third kappa shape index (κ3) is 4.22. The molecule has 4 atom stereocenters. The third-order valence-corrected chi connectivity index (χ3v) is 4.29. The first-order chi connectivity index (χ1) is 8.79. The Kier molecular flexibility index (Phi) is 5.93. The summed E-state index contributed by atoms with van der Waals surface area (Å²) in [5, 5.41) is 3.58. The molecule has 18 heavy (non-hydrogen) atoms. The summed E-state index contributed by atoms with van der Waals surface area (Å²) in [7, 11) is 0. The van der Waals surface area contributed by atoms with Gasteiger partial charge in [-0.1, -0.05) is 13.8 Å². The van der Waals surface area contributed by atoms with E-state index < -0.39 is 0 Å². The van der Waals surface area contributed by atoms with Crippen LogP contribution in [0.3, 0.4) is 0 Å². The van der Waals surface area contributed by atoms with Crippen molar-refractivity contribution in [3.8, 4) is 0 Å². The van der Waals surface area contributed by atoms with Crippen molar-refractivity contribution in [2.45, 2.75) is 70.6 Å². The van der Waals surface area contributed by atoms with E-state index in [1.54, 1.807) is 0 Å². The SMILES string of the molecule is CCNC1CCC(C)CC1OCC1CCCCO1. The number of ether oxygens (including phenoxy) is 2. The van der Waals surface area contributed by atoms with Gasteiger partial charge in [0.05, 0.1) is 18.8 Å². The minimum atomic E-state index is 0.346. The second-order valence-electron chi connectivity index (χ2n) is 5.94. The van der Waals surface area contributed by atoms with Crippen LogP contribution in [0.2, 0.25) is 0 Å². The van der Waals surface area contributed by atoms with Gasteiger partial charge in [-0.2, -0.15) is 0 Å². The standard InChI is InChI=1S/C15H29NO2/c1-3-16-14-8-7-12(2)10-15(14)18-11-13-6-4-5-9-17-13/h12-16H,3-11H2,1-2H3. The Morgan fingerprint density at radius 3 is 2.83 bits per heavy atom. The van der Waals surface area contributed by atoms with Crippen molar-refractivity contribution in [2.75, 3.05) is 19.8 Å². The molecule has 0 aromatic carbocycles. The Hall–Kier alpha value is -0.120. The topological polar surface area (TPSA) is 30.5 Å². The molecule has 1 aliphatic heterocycles. The summed E-state index contributed by atoms with van der Waals surface area (Å²) in [6.07, 6.45) is 8.21. The zero-order valence-electron chi connectivity index (χ0n) is 12.0. The molecule has 0 aromatic heterocycles. The number of hydrogen-bond donors (Lipinski definition) is 1. The summed E-state index contributed by atoms with van der Waals surface area (Å²) >= 11 is 0. The first kappa shape index (κ1) is 14.3. The van der Waals surface area contributed by atoms with Crippen LogP contribution in [-0.4, -0.2) is 38.0 Å². The lowest BCUT2D eigenvalue weighted by molar-refractivity contribution is -0.0820. The summed E-state index contributed by atoms with van der Waals surface area (Å²) in [5.74, 6) is 0.803. The Bertz CT molecular complexity index is 229. The molecule has 0 amide bonds. The number of hydrogen-bond acceptors (Lipinski definition) is 3. The van der Waals surface area contributed by atoms with Gasteiger partial charge in [0.1, 0.15) is 0 Å². The predicted molar refractivity (Wildman–Crippen MR) is 73.8 cm³/mol. The van der Waals surface area contributed by atoms with Crippen molar-refractivity contribution in [1.29, 1.82) is 0 Å². The zero-order chi connectivity index (χ0) is 12.8. The molecule has 1 N–H and O–H groups in total. The molecule has 2 fully saturated rings. The quantitative estimate of drug-likeness (QED) is 0.819. The van der Waals surface area contributed by atoms with Crippen LogP contribution in [0.1, 0.15) is 52.4 Å². The second kappa shape index (κ2) is 7.46. The van der Waals surface area contributed by atoms with E-state index in [2.05, 4.69) is 19.2 Å². The van der Waals surface area contributed by atoms with Crippen molar-refractivity contribution in [3.05, 3.63) is 0 Å². The van der Waals surface area contributed by atoms with Crippen LogP contribution >= 0.6 is 0 Å². The predicted octanol–water partition coefficient (Wildman–Crippen LogP) is 2.74. The maximum atomic E-state index is 6.17. The first-order valence-electron chi connectivity index (χ1n) is 7.76. The lowest BCUT2D eigenvalue weighted by Crippen LogP contribution is -2.46. The third-order valence-electron chi connectivity index (χ3n) is 4.29. The van der Waals surface area contributed by atoms with Gasteiger partial charge in [0.2, 0.25) is 0 Å². The zero-order valence-corrected chi connectivity index (χ0v) is 12.0. The average Bonchev–Trinajstić information content (AvgIpc) is 2.40. The molecule has 2 aliphatic rings. The van der Waals surface area contributed by atoms with Crippen LogP contribution in [0.25, 0.3) is 0 Å². The Balaban J connectivity index is 1.76. The lowest BCUT2D eigenvalue weighted by Gasteiger charge is -2.36. The number of nitrogens with one attached hydrogen (secondary N) is 1. The molecule has 1 heterocycles. The number of likely N-dealkylation sites (N-methyl/N-ethyl adjacent to an activating group) is 1. The van der Waals surface area contributed by atoms with Gasteiger partial charge in [0.25, 0.3) is 0 Å². The monoisotopic (exact) mass is 255 g/mol. The summed E-state index contributed by atoms with van der Waals surface area (Å²) in [6.45, 7) is 7.28. The van der Waals surface area contributed by atoms with E-state index in [0.29, 0.717) is 18.2 Å². The van der Waals surface area contributed by atoms with Crippen molar-refractivity contribution in [3.63, 3.8) is 0 Å². The van der Waals surface area contributed by atoms with Crippen LogP contribution in [0.15, 0.2) is 0 Å². The van der Waals surface area contributed by atoms with Gasteiger partial charge in [0, 0.05) is 12.6 Å². The summed E-state index contributed by atoms with van der Waals surface area (Å²) in [6, 6.07) is 0.551. The summed E-state index contributed by atoms with van der Waals surface area (Å²) in [4.78, 5) is 0. The van der Waals surface area contributed by atoms with Gasteiger partial charge in [-0.15, -0.1) is 0 Å². The van der Waals surface area contributed by atoms with Crippen molar-refractivity contribution >= 4 is 0 Å². The Morgan fingerprint density at radius 1 is 1.22 bits per heavy atom. The number of rotatable bonds is 5. The van der Waals surface area contributed by atoms with Crippen LogP contribution in [-0.2, 0) is 9.47 Å². The molecule has 3 heteroatoms. The van der Waals surface area contributed by atoms with E-state index >= 15 is 0 Å². The van der Waals surface area contributed by atoms with E-state index in [-0.39, 0.29) is 0 Å². The van der Waals surface area contributed by atoms with Gasteiger partial charge in [-0.05, 0) is 51.0 Å². The molecule has 3 nitrogen and oxygen atoms in total. The van der Waals surface area contributed by atoms with E-state index in [1.807, 2.05) is 0 Å². The second-order valence-corrected chi connectivity index (χ2v) is 5.94. The van der Waals surface area contributed by atoms with Crippen molar-refractivity contribution in [1.82, 2.24) is 5.32 Å². The van der Waals surface area contributed by atoms with Crippen molar-refractivity contribution < 1.29 is 9.47 Å². The molecule has 0 aromatic rings. The first-order valence-corrected chi connectivity index (χ1v) is 7.76. The molecular weight excluding hydrogens is 226 g/mol. The maximum Gasteiger partial charge on any atom is 0.0808 e. The molecule has 1 saturated carbocycles. The van der Waals surface area contributed by atoms with E-state index in [4.69, 9.17) is 9.47 Å². The van der Waals surface area contributed by atoms with Crippen molar-refractivity contribution in [2.24, 2.45) is 5.92 Å². The molecule has 0 spiro atoms. The normalized spacial score (nSPS) is 37.7. The van der Waals surface area contributed by atoms with E-state index in [0.717, 1.165) is 25.7 Å².